The lowest BCUT2D eigenvalue weighted by molar-refractivity contribution is 0.111. The molecule has 0 aliphatic carbocycles. The number of hydrogen-bond acceptors (Lipinski definition) is 4. The summed E-state index contributed by atoms with van der Waals surface area (Å²) < 4.78 is 16.8. The second-order valence-corrected chi connectivity index (χ2v) is 5.03. The molecular formula is C13H20O3S. The van der Waals surface area contributed by atoms with Crippen molar-refractivity contribution in [1.29, 1.82) is 0 Å². The predicted molar refractivity (Wildman–Crippen MR) is 69.1 cm³/mol. The molecule has 2 heterocycles. The first-order valence-electron chi connectivity index (χ1n) is 6.35. The van der Waals surface area contributed by atoms with Crippen LogP contribution in [0.5, 0.6) is 10.8 Å². The van der Waals surface area contributed by atoms with Crippen molar-refractivity contribution >= 4 is 11.3 Å². The highest BCUT2D eigenvalue weighted by molar-refractivity contribution is 7.12. The van der Waals surface area contributed by atoms with Gasteiger partial charge < -0.3 is 14.2 Å². The first kappa shape index (κ1) is 12.7. The van der Waals surface area contributed by atoms with Crippen molar-refractivity contribution in [3.8, 4) is 10.8 Å². The van der Waals surface area contributed by atoms with Crippen LogP contribution in [0.3, 0.4) is 0 Å². The maximum atomic E-state index is 5.66. The SMILES string of the molecule is CCCCCCOCc1csc2c1OCCO2. The fourth-order valence-electron chi connectivity index (χ4n) is 1.80. The van der Waals surface area contributed by atoms with Crippen LogP contribution in [-0.2, 0) is 11.3 Å². The molecule has 2 rings (SSSR count). The smallest absolute Gasteiger partial charge is 0.217 e. The van der Waals surface area contributed by atoms with Crippen LogP contribution in [0.1, 0.15) is 38.2 Å². The Labute approximate surface area is 107 Å². The highest BCUT2D eigenvalue weighted by Crippen LogP contribution is 2.40. The second kappa shape index (κ2) is 6.87. The molecule has 1 aliphatic rings. The normalized spacial score (nSPS) is 13.9. The maximum Gasteiger partial charge on any atom is 0.217 e. The molecule has 96 valence electrons. The zero-order valence-electron chi connectivity index (χ0n) is 10.4. The summed E-state index contributed by atoms with van der Waals surface area (Å²) in [6.07, 6.45) is 4.98. The molecule has 1 aromatic heterocycles. The van der Waals surface area contributed by atoms with E-state index in [1.807, 2.05) is 0 Å². The van der Waals surface area contributed by atoms with Gasteiger partial charge in [0.25, 0.3) is 0 Å². The third-order valence-electron chi connectivity index (χ3n) is 2.75. The van der Waals surface area contributed by atoms with Crippen LogP contribution in [-0.4, -0.2) is 19.8 Å². The van der Waals surface area contributed by atoms with Gasteiger partial charge in [-0.2, -0.15) is 0 Å². The number of hydrogen-bond donors (Lipinski definition) is 0. The van der Waals surface area contributed by atoms with Crippen molar-refractivity contribution in [1.82, 2.24) is 0 Å². The van der Waals surface area contributed by atoms with E-state index in [1.165, 1.54) is 19.3 Å². The Morgan fingerprint density at radius 1 is 1.24 bits per heavy atom. The first-order chi connectivity index (χ1) is 8.42. The first-order valence-corrected chi connectivity index (χ1v) is 7.23. The molecule has 0 fully saturated rings. The van der Waals surface area contributed by atoms with Gasteiger partial charge in [-0.1, -0.05) is 26.2 Å². The molecule has 1 aromatic rings. The van der Waals surface area contributed by atoms with Crippen molar-refractivity contribution in [3.63, 3.8) is 0 Å². The van der Waals surface area contributed by atoms with E-state index in [1.54, 1.807) is 11.3 Å². The molecule has 0 N–H and O–H groups in total. The molecule has 0 saturated carbocycles. The highest BCUT2D eigenvalue weighted by Gasteiger charge is 2.18. The minimum Gasteiger partial charge on any atom is -0.485 e. The van der Waals surface area contributed by atoms with Gasteiger partial charge in [0, 0.05) is 17.6 Å². The standard InChI is InChI=1S/C13H20O3S/c1-2-3-4-5-6-14-9-11-10-17-13-12(11)15-7-8-16-13/h10H,2-9H2,1H3. The van der Waals surface area contributed by atoms with E-state index in [9.17, 15) is 0 Å². The van der Waals surface area contributed by atoms with Crippen LogP contribution in [0, 0.1) is 0 Å². The topological polar surface area (TPSA) is 27.7 Å². The van der Waals surface area contributed by atoms with Crippen LogP contribution in [0.2, 0.25) is 0 Å². The predicted octanol–water partition coefficient (Wildman–Crippen LogP) is 3.62. The Kier molecular flexibility index (Phi) is 5.13. The zero-order chi connectivity index (χ0) is 11.9. The molecule has 0 spiro atoms. The molecular weight excluding hydrogens is 236 g/mol. The van der Waals surface area contributed by atoms with Crippen LogP contribution in [0.4, 0.5) is 0 Å². The van der Waals surface area contributed by atoms with Crippen molar-refractivity contribution in [2.24, 2.45) is 0 Å². The van der Waals surface area contributed by atoms with E-state index in [-0.39, 0.29) is 0 Å². The fraction of sp³-hybridized carbons (Fsp3) is 0.692. The summed E-state index contributed by atoms with van der Waals surface area (Å²) in [5, 5.41) is 2.98. The Balaban J connectivity index is 1.70. The van der Waals surface area contributed by atoms with Crippen molar-refractivity contribution in [3.05, 3.63) is 10.9 Å². The summed E-state index contributed by atoms with van der Waals surface area (Å²) in [5.74, 6) is 0.898. The second-order valence-electron chi connectivity index (χ2n) is 4.19. The number of fused-ring (bicyclic) bond motifs is 1. The zero-order valence-corrected chi connectivity index (χ0v) is 11.2. The van der Waals surface area contributed by atoms with Crippen LogP contribution in [0.25, 0.3) is 0 Å². The molecule has 3 nitrogen and oxygen atoms in total. The van der Waals surface area contributed by atoms with E-state index in [4.69, 9.17) is 14.2 Å². The average molecular weight is 256 g/mol. The fourth-order valence-corrected chi connectivity index (χ4v) is 2.68. The van der Waals surface area contributed by atoms with Gasteiger partial charge in [-0.25, -0.2) is 0 Å². The van der Waals surface area contributed by atoms with E-state index in [0.29, 0.717) is 19.8 Å². The molecule has 0 bridgehead atoms. The summed E-state index contributed by atoms with van der Waals surface area (Å²) in [5.41, 5.74) is 1.13. The number of unbranched alkanes of at least 4 members (excludes halogenated alkanes) is 3. The monoisotopic (exact) mass is 256 g/mol. The van der Waals surface area contributed by atoms with Gasteiger partial charge in [-0.05, 0) is 6.42 Å². The summed E-state index contributed by atoms with van der Waals surface area (Å²) >= 11 is 1.60. The highest BCUT2D eigenvalue weighted by atomic mass is 32.1. The van der Waals surface area contributed by atoms with Crippen LogP contribution < -0.4 is 9.47 Å². The van der Waals surface area contributed by atoms with Gasteiger partial charge >= 0.3 is 0 Å². The Morgan fingerprint density at radius 3 is 3.00 bits per heavy atom. The number of thiophene rings is 1. The number of ether oxygens (including phenoxy) is 3. The molecule has 17 heavy (non-hydrogen) atoms. The third-order valence-corrected chi connectivity index (χ3v) is 3.67. The maximum absolute atomic E-state index is 5.66. The van der Waals surface area contributed by atoms with Crippen molar-refractivity contribution < 1.29 is 14.2 Å². The third kappa shape index (κ3) is 3.61. The van der Waals surface area contributed by atoms with Crippen LogP contribution >= 0.6 is 11.3 Å². The Morgan fingerprint density at radius 2 is 2.12 bits per heavy atom. The van der Waals surface area contributed by atoms with Gasteiger partial charge in [0.2, 0.25) is 5.06 Å². The molecule has 0 aromatic carbocycles. The molecule has 1 aliphatic heterocycles. The lowest BCUT2D eigenvalue weighted by Gasteiger charge is -2.15. The molecule has 0 atom stereocenters. The molecule has 0 saturated heterocycles. The quantitative estimate of drug-likeness (QED) is 0.697. The minimum absolute atomic E-state index is 0.640. The molecule has 0 unspecified atom stereocenters. The summed E-state index contributed by atoms with van der Waals surface area (Å²) in [4.78, 5) is 0. The lowest BCUT2D eigenvalue weighted by atomic mass is 10.2. The van der Waals surface area contributed by atoms with E-state index in [0.717, 1.165) is 29.4 Å². The molecule has 0 amide bonds. The lowest BCUT2D eigenvalue weighted by Crippen LogP contribution is -2.14. The van der Waals surface area contributed by atoms with Crippen molar-refractivity contribution in [2.75, 3.05) is 19.8 Å². The van der Waals surface area contributed by atoms with Crippen molar-refractivity contribution in [2.45, 2.75) is 39.2 Å². The van der Waals surface area contributed by atoms with Gasteiger partial charge in [0.1, 0.15) is 13.2 Å². The van der Waals surface area contributed by atoms with Gasteiger partial charge in [-0.15, -0.1) is 11.3 Å². The molecule has 0 radical (unpaired) electrons. The summed E-state index contributed by atoms with van der Waals surface area (Å²) in [6, 6.07) is 0. The van der Waals surface area contributed by atoms with E-state index >= 15 is 0 Å². The van der Waals surface area contributed by atoms with Gasteiger partial charge in [0.05, 0.1) is 6.61 Å². The Hall–Kier alpha value is -0.740. The van der Waals surface area contributed by atoms with E-state index < -0.39 is 0 Å². The van der Waals surface area contributed by atoms with E-state index in [2.05, 4.69) is 12.3 Å². The average Bonchev–Trinajstić information content (AvgIpc) is 2.77. The largest absolute Gasteiger partial charge is 0.485 e. The number of rotatable bonds is 7. The molecule has 4 heteroatoms. The van der Waals surface area contributed by atoms with Gasteiger partial charge in [-0.3, -0.25) is 0 Å². The summed E-state index contributed by atoms with van der Waals surface area (Å²) in [6.45, 7) is 5.00. The minimum atomic E-state index is 0.640. The van der Waals surface area contributed by atoms with Gasteiger partial charge in [0.15, 0.2) is 5.75 Å². The Bertz CT molecular complexity index is 335. The van der Waals surface area contributed by atoms with Crippen LogP contribution in [0.15, 0.2) is 5.38 Å². The summed E-state index contributed by atoms with van der Waals surface area (Å²) in [7, 11) is 0.